The standard InChI is InChI=1S/C25H22N6OS/c1-16-7-9-18(10-8-16)24-28-29-25(33)31(24)15-22(32)26-19-13-11-17(12-14-19)23-27-20-5-3-4-6-21(20)30(23)2/h3-14H,15H2,1-2H3,(H,26,32)(H,29,33). The van der Waals surface area contributed by atoms with Crippen LogP contribution in [0.3, 0.4) is 0 Å². The predicted molar refractivity (Wildman–Crippen MR) is 132 cm³/mol. The highest BCUT2D eigenvalue weighted by atomic mass is 32.1. The highest BCUT2D eigenvalue weighted by molar-refractivity contribution is 7.71. The minimum atomic E-state index is -0.184. The van der Waals surface area contributed by atoms with E-state index in [9.17, 15) is 4.79 Å². The van der Waals surface area contributed by atoms with E-state index in [-0.39, 0.29) is 12.5 Å². The summed E-state index contributed by atoms with van der Waals surface area (Å²) in [7, 11) is 2.00. The van der Waals surface area contributed by atoms with Crippen LogP contribution in [0.2, 0.25) is 0 Å². The number of H-pyrrole nitrogens is 1. The Morgan fingerprint density at radius 2 is 1.64 bits per heavy atom. The average molecular weight is 455 g/mol. The number of rotatable bonds is 5. The van der Waals surface area contributed by atoms with Gasteiger partial charge < -0.3 is 9.88 Å². The van der Waals surface area contributed by atoms with Gasteiger partial charge in [0.1, 0.15) is 12.4 Å². The zero-order valence-electron chi connectivity index (χ0n) is 18.2. The fourth-order valence-electron chi connectivity index (χ4n) is 3.84. The number of para-hydroxylation sites is 2. The van der Waals surface area contributed by atoms with Crippen LogP contribution in [0.15, 0.2) is 72.8 Å². The summed E-state index contributed by atoms with van der Waals surface area (Å²) in [6.45, 7) is 2.08. The number of nitrogens with zero attached hydrogens (tertiary/aromatic N) is 4. The van der Waals surface area contributed by atoms with Crippen LogP contribution in [0.1, 0.15) is 5.56 Å². The van der Waals surface area contributed by atoms with Gasteiger partial charge in [0.2, 0.25) is 5.91 Å². The van der Waals surface area contributed by atoms with Gasteiger partial charge in [-0.3, -0.25) is 14.5 Å². The normalized spacial score (nSPS) is 11.1. The quantitative estimate of drug-likeness (QED) is 0.362. The maximum atomic E-state index is 12.8. The second-order valence-electron chi connectivity index (χ2n) is 7.91. The van der Waals surface area contributed by atoms with Gasteiger partial charge in [-0.1, -0.05) is 42.0 Å². The Labute approximate surface area is 195 Å². The molecule has 0 bridgehead atoms. The van der Waals surface area contributed by atoms with Crippen LogP contribution < -0.4 is 5.32 Å². The molecule has 0 unspecified atom stereocenters. The SMILES string of the molecule is Cc1ccc(-c2n[nH]c(=S)n2CC(=O)Nc2ccc(-c3nc4ccccc4n3C)cc2)cc1. The van der Waals surface area contributed by atoms with E-state index < -0.39 is 0 Å². The Hall–Kier alpha value is -4.04. The van der Waals surface area contributed by atoms with Crippen LogP contribution in [-0.4, -0.2) is 30.2 Å². The van der Waals surface area contributed by atoms with Gasteiger partial charge in [-0.15, -0.1) is 0 Å². The van der Waals surface area contributed by atoms with E-state index in [4.69, 9.17) is 17.2 Å². The maximum Gasteiger partial charge on any atom is 0.244 e. The first kappa shape index (κ1) is 20.8. The van der Waals surface area contributed by atoms with Crippen molar-refractivity contribution in [2.45, 2.75) is 13.5 Å². The third kappa shape index (κ3) is 4.08. The first-order chi connectivity index (χ1) is 16.0. The van der Waals surface area contributed by atoms with Crippen molar-refractivity contribution in [3.8, 4) is 22.8 Å². The number of nitrogens with one attached hydrogen (secondary N) is 2. The zero-order chi connectivity index (χ0) is 22.9. The molecule has 1 amide bonds. The molecule has 0 aliphatic rings. The van der Waals surface area contributed by atoms with Crippen LogP contribution in [-0.2, 0) is 18.4 Å². The molecule has 2 N–H and O–H groups in total. The lowest BCUT2D eigenvalue weighted by molar-refractivity contribution is -0.116. The lowest BCUT2D eigenvalue weighted by Gasteiger charge is -2.09. The van der Waals surface area contributed by atoms with Crippen molar-refractivity contribution in [2.75, 3.05) is 5.32 Å². The van der Waals surface area contributed by atoms with Crippen LogP contribution >= 0.6 is 12.2 Å². The second kappa shape index (κ2) is 8.48. The van der Waals surface area contributed by atoms with Crippen molar-refractivity contribution in [2.24, 2.45) is 7.05 Å². The molecule has 0 radical (unpaired) electrons. The Bertz CT molecular complexity index is 1510. The molecule has 5 rings (SSSR count). The van der Waals surface area contributed by atoms with E-state index >= 15 is 0 Å². The van der Waals surface area contributed by atoms with E-state index in [2.05, 4.69) is 20.1 Å². The molecule has 3 aromatic carbocycles. The molecule has 0 saturated carbocycles. The highest BCUT2D eigenvalue weighted by Gasteiger charge is 2.13. The summed E-state index contributed by atoms with van der Waals surface area (Å²) in [5, 5.41) is 10.0. The van der Waals surface area contributed by atoms with Crippen LogP contribution in [0, 0.1) is 11.7 Å². The molecule has 0 spiro atoms. The van der Waals surface area contributed by atoms with Gasteiger partial charge >= 0.3 is 0 Å². The number of amides is 1. The number of hydrogen-bond acceptors (Lipinski definition) is 4. The van der Waals surface area contributed by atoms with Gasteiger partial charge in [0.05, 0.1) is 11.0 Å². The zero-order valence-corrected chi connectivity index (χ0v) is 19.1. The van der Waals surface area contributed by atoms with Crippen molar-refractivity contribution in [1.29, 1.82) is 0 Å². The monoisotopic (exact) mass is 454 g/mol. The van der Waals surface area contributed by atoms with Gasteiger partial charge in [0.25, 0.3) is 0 Å². The Kier molecular flexibility index (Phi) is 5.35. The fourth-order valence-corrected chi connectivity index (χ4v) is 4.03. The molecule has 7 nitrogen and oxygen atoms in total. The number of aromatic amines is 1. The largest absolute Gasteiger partial charge is 0.327 e. The average Bonchev–Trinajstić information content (AvgIpc) is 3.35. The Morgan fingerprint density at radius 3 is 2.36 bits per heavy atom. The van der Waals surface area contributed by atoms with Gasteiger partial charge in [0.15, 0.2) is 10.6 Å². The molecule has 0 fully saturated rings. The van der Waals surface area contributed by atoms with E-state index in [1.54, 1.807) is 4.57 Å². The third-order valence-corrected chi connectivity index (χ3v) is 5.90. The van der Waals surface area contributed by atoms with E-state index in [0.717, 1.165) is 33.5 Å². The molecule has 5 aromatic rings. The third-order valence-electron chi connectivity index (χ3n) is 5.58. The number of fused-ring (bicyclic) bond motifs is 1. The number of anilines is 1. The van der Waals surface area contributed by atoms with Crippen molar-refractivity contribution < 1.29 is 4.79 Å². The summed E-state index contributed by atoms with van der Waals surface area (Å²) in [4.78, 5) is 17.5. The highest BCUT2D eigenvalue weighted by Crippen LogP contribution is 2.25. The predicted octanol–water partition coefficient (Wildman–Crippen LogP) is 5.11. The first-order valence-corrected chi connectivity index (χ1v) is 10.9. The molecule has 0 saturated heterocycles. The van der Waals surface area contributed by atoms with Crippen molar-refractivity contribution >= 4 is 34.8 Å². The summed E-state index contributed by atoms with van der Waals surface area (Å²) in [6, 6.07) is 23.6. The number of carbonyl (C=O) groups excluding carboxylic acids is 1. The molecular weight excluding hydrogens is 432 g/mol. The van der Waals surface area contributed by atoms with Gasteiger partial charge in [-0.05, 0) is 55.5 Å². The smallest absolute Gasteiger partial charge is 0.244 e. The lowest BCUT2D eigenvalue weighted by atomic mass is 10.1. The summed E-state index contributed by atoms with van der Waals surface area (Å²) in [5.41, 5.74) is 5.76. The molecular formula is C25H22N6OS. The topological polar surface area (TPSA) is 80.5 Å². The molecule has 33 heavy (non-hydrogen) atoms. The maximum absolute atomic E-state index is 12.8. The van der Waals surface area contributed by atoms with Gasteiger partial charge in [-0.2, -0.15) is 5.10 Å². The molecule has 2 heterocycles. The molecule has 0 atom stereocenters. The van der Waals surface area contributed by atoms with Gasteiger partial charge in [-0.25, -0.2) is 4.98 Å². The second-order valence-corrected chi connectivity index (χ2v) is 8.30. The van der Waals surface area contributed by atoms with E-state index in [1.165, 1.54) is 0 Å². The molecule has 0 aliphatic carbocycles. The lowest BCUT2D eigenvalue weighted by Crippen LogP contribution is -2.19. The van der Waals surface area contributed by atoms with Crippen LogP contribution in [0.25, 0.3) is 33.8 Å². The minimum Gasteiger partial charge on any atom is -0.327 e. The molecule has 164 valence electrons. The van der Waals surface area contributed by atoms with Crippen LogP contribution in [0.5, 0.6) is 0 Å². The molecule has 2 aromatic heterocycles. The summed E-state index contributed by atoms with van der Waals surface area (Å²) in [5.74, 6) is 1.32. The van der Waals surface area contributed by atoms with Crippen molar-refractivity contribution in [1.82, 2.24) is 24.3 Å². The van der Waals surface area contributed by atoms with Crippen molar-refractivity contribution in [3.63, 3.8) is 0 Å². The van der Waals surface area contributed by atoms with Crippen molar-refractivity contribution in [3.05, 3.63) is 83.1 Å². The Morgan fingerprint density at radius 1 is 0.970 bits per heavy atom. The molecule has 8 heteroatoms. The van der Waals surface area contributed by atoms with E-state index in [1.807, 2.05) is 86.8 Å². The minimum absolute atomic E-state index is 0.0606. The number of aromatic nitrogens is 5. The van der Waals surface area contributed by atoms with Gasteiger partial charge in [0, 0.05) is 23.9 Å². The first-order valence-electron chi connectivity index (χ1n) is 10.5. The fraction of sp³-hybridized carbons (Fsp3) is 0.120. The number of aryl methyl sites for hydroxylation is 2. The summed E-state index contributed by atoms with van der Waals surface area (Å²) >= 11 is 5.35. The summed E-state index contributed by atoms with van der Waals surface area (Å²) in [6.07, 6.45) is 0. The Balaban J connectivity index is 1.33. The molecule has 0 aliphatic heterocycles. The number of benzene rings is 3. The van der Waals surface area contributed by atoms with Crippen LogP contribution in [0.4, 0.5) is 5.69 Å². The number of hydrogen-bond donors (Lipinski definition) is 2. The number of carbonyl (C=O) groups is 1. The summed E-state index contributed by atoms with van der Waals surface area (Å²) < 4.78 is 4.16. The number of imidazole rings is 1. The van der Waals surface area contributed by atoms with E-state index in [0.29, 0.717) is 16.3 Å².